The lowest BCUT2D eigenvalue weighted by Crippen LogP contribution is -2.28. The first-order valence-corrected chi connectivity index (χ1v) is 5.57. The maximum absolute atomic E-state index is 13.3. The Hall–Kier alpha value is -1.22. The minimum absolute atomic E-state index is 0.0210. The molecule has 0 radical (unpaired) electrons. The Bertz CT molecular complexity index is 376. The molecule has 16 heavy (non-hydrogen) atoms. The van der Waals surface area contributed by atoms with Crippen molar-refractivity contribution in [1.29, 1.82) is 0 Å². The summed E-state index contributed by atoms with van der Waals surface area (Å²) in [5.41, 5.74) is 1.02. The van der Waals surface area contributed by atoms with E-state index >= 15 is 0 Å². The maximum Gasteiger partial charge on any atom is 0.164 e. The first-order valence-electron chi connectivity index (χ1n) is 5.57. The van der Waals surface area contributed by atoms with Crippen LogP contribution in [0.4, 0.5) is 4.39 Å². The van der Waals surface area contributed by atoms with Gasteiger partial charge in [0.15, 0.2) is 5.78 Å². The molecule has 0 aliphatic heterocycles. The number of nitrogens with one attached hydrogen (secondary N) is 1. The SMILES string of the molecule is CCNC(C)CC(=O)c1ccc(C)c(F)c1. The van der Waals surface area contributed by atoms with Crippen LogP contribution in [0.1, 0.15) is 36.2 Å². The number of hydrogen-bond donors (Lipinski definition) is 1. The fourth-order valence-electron chi connectivity index (χ4n) is 1.58. The van der Waals surface area contributed by atoms with Gasteiger partial charge in [-0.25, -0.2) is 4.39 Å². The van der Waals surface area contributed by atoms with E-state index in [0.717, 1.165) is 6.54 Å². The van der Waals surface area contributed by atoms with Crippen LogP contribution < -0.4 is 5.32 Å². The van der Waals surface area contributed by atoms with Crippen LogP contribution in [-0.2, 0) is 0 Å². The van der Waals surface area contributed by atoms with Crippen LogP contribution in [0.3, 0.4) is 0 Å². The fraction of sp³-hybridized carbons (Fsp3) is 0.462. The van der Waals surface area contributed by atoms with Gasteiger partial charge in [0.1, 0.15) is 5.82 Å². The first kappa shape index (κ1) is 12.8. The van der Waals surface area contributed by atoms with E-state index in [1.165, 1.54) is 6.07 Å². The largest absolute Gasteiger partial charge is 0.314 e. The van der Waals surface area contributed by atoms with Crippen molar-refractivity contribution in [3.8, 4) is 0 Å². The average Bonchev–Trinajstić information content (AvgIpc) is 2.22. The van der Waals surface area contributed by atoms with Crippen molar-refractivity contribution in [1.82, 2.24) is 5.32 Å². The summed E-state index contributed by atoms with van der Waals surface area (Å²) >= 11 is 0. The van der Waals surface area contributed by atoms with Crippen molar-refractivity contribution in [2.45, 2.75) is 33.2 Å². The van der Waals surface area contributed by atoms with E-state index in [4.69, 9.17) is 0 Å². The van der Waals surface area contributed by atoms with Gasteiger partial charge in [0, 0.05) is 18.0 Å². The van der Waals surface area contributed by atoms with E-state index in [-0.39, 0.29) is 17.6 Å². The molecule has 88 valence electrons. The Labute approximate surface area is 95.9 Å². The molecule has 1 unspecified atom stereocenters. The molecule has 0 bridgehead atoms. The Morgan fingerprint density at radius 2 is 2.19 bits per heavy atom. The predicted molar refractivity (Wildman–Crippen MR) is 63.2 cm³/mol. The standard InChI is InChI=1S/C13H18FNO/c1-4-15-10(3)7-13(16)11-6-5-9(2)12(14)8-11/h5-6,8,10,15H,4,7H2,1-3H3. The molecule has 3 heteroatoms. The van der Waals surface area contributed by atoms with Crippen LogP contribution in [0.15, 0.2) is 18.2 Å². The van der Waals surface area contributed by atoms with Crippen molar-refractivity contribution < 1.29 is 9.18 Å². The Morgan fingerprint density at radius 1 is 1.50 bits per heavy atom. The number of carbonyl (C=O) groups is 1. The van der Waals surface area contributed by atoms with Crippen LogP contribution >= 0.6 is 0 Å². The molecule has 1 rings (SSSR count). The van der Waals surface area contributed by atoms with E-state index in [0.29, 0.717) is 17.5 Å². The number of rotatable bonds is 5. The minimum atomic E-state index is -0.318. The zero-order chi connectivity index (χ0) is 12.1. The molecule has 0 aromatic heterocycles. The van der Waals surface area contributed by atoms with Crippen molar-refractivity contribution in [3.05, 3.63) is 35.1 Å². The molecule has 1 N–H and O–H groups in total. The normalized spacial score (nSPS) is 12.5. The van der Waals surface area contributed by atoms with Crippen molar-refractivity contribution in [2.24, 2.45) is 0 Å². The van der Waals surface area contributed by atoms with E-state index < -0.39 is 0 Å². The van der Waals surface area contributed by atoms with Gasteiger partial charge in [-0.15, -0.1) is 0 Å². The van der Waals surface area contributed by atoms with Gasteiger partial charge >= 0.3 is 0 Å². The van der Waals surface area contributed by atoms with Gasteiger partial charge in [0.25, 0.3) is 0 Å². The molecular weight excluding hydrogens is 205 g/mol. The molecule has 0 aliphatic rings. The number of ketones is 1. The topological polar surface area (TPSA) is 29.1 Å². The van der Waals surface area contributed by atoms with E-state index in [1.54, 1.807) is 19.1 Å². The van der Waals surface area contributed by atoms with Gasteiger partial charge in [-0.05, 0) is 32.0 Å². The summed E-state index contributed by atoms with van der Waals surface area (Å²) in [5.74, 6) is -0.339. The number of carbonyl (C=O) groups excluding carboxylic acids is 1. The molecule has 0 spiro atoms. The second-order valence-electron chi connectivity index (χ2n) is 4.05. The molecule has 0 saturated carbocycles. The molecule has 0 heterocycles. The second kappa shape index (κ2) is 5.75. The number of hydrogen-bond acceptors (Lipinski definition) is 2. The summed E-state index contributed by atoms with van der Waals surface area (Å²) in [6, 6.07) is 4.76. The van der Waals surface area contributed by atoms with E-state index in [9.17, 15) is 9.18 Å². The third-order valence-corrected chi connectivity index (χ3v) is 2.54. The fourth-order valence-corrected chi connectivity index (χ4v) is 1.58. The predicted octanol–water partition coefficient (Wildman–Crippen LogP) is 2.70. The molecule has 1 aromatic rings. The van der Waals surface area contributed by atoms with Gasteiger partial charge in [-0.2, -0.15) is 0 Å². The van der Waals surface area contributed by atoms with Crippen LogP contribution in [-0.4, -0.2) is 18.4 Å². The van der Waals surface area contributed by atoms with Crippen LogP contribution in [0, 0.1) is 12.7 Å². The highest BCUT2D eigenvalue weighted by Crippen LogP contribution is 2.11. The summed E-state index contributed by atoms with van der Waals surface area (Å²) in [5, 5.41) is 3.16. The van der Waals surface area contributed by atoms with Crippen molar-refractivity contribution in [2.75, 3.05) is 6.54 Å². The van der Waals surface area contributed by atoms with E-state index in [2.05, 4.69) is 5.32 Å². The molecule has 1 atom stereocenters. The summed E-state index contributed by atoms with van der Waals surface area (Å²) < 4.78 is 13.3. The van der Waals surface area contributed by atoms with Gasteiger partial charge in [0.2, 0.25) is 0 Å². The second-order valence-corrected chi connectivity index (χ2v) is 4.05. The first-order chi connectivity index (χ1) is 7.54. The molecule has 0 amide bonds. The van der Waals surface area contributed by atoms with Gasteiger partial charge in [-0.3, -0.25) is 4.79 Å². The molecule has 0 saturated heterocycles. The van der Waals surface area contributed by atoms with Crippen molar-refractivity contribution in [3.63, 3.8) is 0 Å². The van der Waals surface area contributed by atoms with E-state index in [1.807, 2.05) is 13.8 Å². The molecule has 0 aliphatic carbocycles. The Balaban J connectivity index is 2.69. The highest BCUT2D eigenvalue weighted by Gasteiger charge is 2.11. The molecule has 1 aromatic carbocycles. The number of aryl methyl sites for hydroxylation is 1. The number of benzene rings is 1. The highest BCUT2D eigenvalue weighted by atomic mass is 19.1. The molecular formula is C13H18FNO. The summed E-state index contributed by atoms with van der Waals surface area (Å²) in [7, 11) is 0. The summed E-state index contributed by atoms with van der Waals surface area (Å²) in [6.45, 7) is 6.46. The smallest absolute Gasteiger partial charge is 0.164 e. The van der Waals surface area contributed by atoms with Gasteiger partial charge in [-0.1, -0.05) is 19.1 Å². The summed E-state index contributed by atoms with van der Waals surface area (Å²) in [6.07, 6.45) is 0.399. The monoisotopic (exact) mass is 223 g/mol. The van der Waals surface area contributed by atoms with Crippen LogP contribution in [0.25, 0.3) is 0 Å². The lowest BCUT2D eigenvalue weighted by molar-refractivity contribution is 0.0971. The maximum atomic E-state index is 13.3. The van der Waals surface area contributed by atoms with Crippen LogP contribution in [0.2, 0.25) is 0 Å². The zero-order valence-corrected chi connectivity index (χ0v) is 10.0. The number of Topliss-reactive ketones (excluding diaryl/α,β-unsaturated/α-hetero) is 1. The quantitative estimate of drug-likeness (QED) is 0.778. The zero-order valence-electron chi connectivity index (χ0n) is 10.0. The average molecular weight is 223 g/mol. The minimum Gasteiger partial charge on any atom is -0.314 e. The lowest BCUT2D eigenvalue weighted by atomic mass is 10.0. The number of halogens is 1. The van der Waals surface area contributed by atoms with Gasteiger partial charge < -0.3 is 5.32 Å². The molecule has 2 nitrogen and oxygen atoms in total. The molecule has 0 fully saturated rings. The third-order valence-electron chi connectivity index (χ3n) is 2.54. The van der Waals surface area contributed by atoms with Crippen LogP contribution in [0.5, 0.6) is 0 Å². The van der Waals surface area contributed by atoms with Gasteiger partial charge in [0.05, 0.1) is 0 Å². The summed E-state index contributed by atoms with van der Waals surface area (Å²) in [4.78, 5) is 11.8. The third kappa shape index (κ3) is 3.42. The lowest BCUT2D eigenvalue weighted by Gasteiger charge is -2.11. The highest BCUT2D eigenvalue weighted by molar-refractivity contribution is 5.96. The Morgan fingerprint density at radius 3 is 2.75 bits per heavy atom. The Kier molecular flexibility index (Phi) is 4.62. The van der Waals surface area contributed by atoms with Crippen molar-refractivity contribution >= 4 is 5.78 Å².